The quantitative estimate of drug-likeness (QED) is 0.113. The molecular weight excluding hydrogens is 546 g/mol. The van der Waals surface area contributed by atoms with Gasteiger partial charge in [0.1, 0.15) is 0 Å². The van der Waals surface area contributed by atoms with Crippen LogP contribution in [0.15, 0.2) is 78.9 Å². The van der Waals surface area contributed by atoms with Gasteiger partial charge in [0.2, 0.25) is 11.8 Å². The maximum Gasteiger partial charge on any atom is 0.243 e. The van der Waals surface area contributed by atoms with Crippen molar-refractivity contribution in [3.63, 3.8) is 0 Å². The van der Waals surface area contributed by atoms with Crippen molar-refractivity contribution in [3.05, 3.63) is 107 Å². The fourth-order valence-corrected chi connectivity index (χ4v) is 5.23. The molecule has 230 valence electrons. The second-order valence-corrected chi connectivity index (χ2v) is 11.1. The summed E-state index contributed by atoms with van der Waals surface area (Å²) in [7, 11) is 2.10. The summed E-state index contributed by atoms with van der Waals surface area (Å²) in [6.45, 7) is 2.00. The molecule has 1 fully saturated rings. The fraction of sp³-hybridized carbons (Fsp3) is 0.412. The number of hydrogen-bond acceptors (Lipinski definition) is 7. The zero-order valence-corrected chi connectivity index (χ0v) is 24.8. The van der Waals surface area contributed by atoms with Crippen LogP contribution in [-0.2, 0) is 38.8 Å². The Balaban J connectivity index is 1.34. The molecule has 0 radical (unpaired) electrons. The summed E-state index contributed by atoms with van der Waals surface area (Å²) in [5.41, 5.74) is 6.67. The largest absolute Gasteiger partial charge is 0.392 e. The Morgan fingerprint density at radius 1 is 0.814 bits per heavy atom. The van der Waals surface area contributed by atoms with Crippen LogP contribution in [0.2, 0.25) is 0 Å². The van der Waals surface area contributed by atoms with Gasteiger partial charge >= 0.3 is 0 Å². The first kappa shape index (κ1) is 32.3. The second-order valence-electron chi connectivity index (χ2n) is 11.1. The van der Waals surface area contributed by atoms with Crippen LogP contribution in [-0.4, -0.2) is 46.7 Å². The SMILES string of the molecule is CN(Cc1ccccc1)C[C@H]1C[C@@H](c2ccc(CO)cc2)O[C@@H](c2ccc(CNC(=O)CCCCCC(=O)NO)cc2)O1. The van der Waals surface area contributed by atoms with Gasteiger partial charge in [-0.1, -0.05) is 85.3 Å². The molecule has 1 aliphatic rings. The summed E-state index contributed by atoms with van der Waals surface area (Å²) in [6.07, 6.45) is 2.67. The molecule has 0 spiro atoms. The standard InChI is InChI=1S/C34H43N3O6/c1-37(22-26-8-4-2-5-9-26)23-30-20-31(28-16-14-27(24-38)15-17-28)43-34(42-30)29-18-12-25(13-19-29)21-35-32(39)10-6-3-7-11-33(40)36-41/h2,4-5,8-9,12-19,30-31,34,38,41H,3,6-7,10-11,20-24H2,1H3,(H,35,39)(H,36,40)/t30-,31+,34+/m1/s1. The van der Waals surface area contributed by atoms with Crippen molar-refractivity contribution in [1.29, 1.82) is 0 Å². The van der Waals surface area contributed by atoms with E-state index in [0.29, 0.717) is 32.2 Å². The Morgan fingerprint density at radius 3 is 2.14 bits per heavy atom. The average molecular weight is 590 g/mol. The summed E-state index contributed by atoms with van der Waals surface area (Å²) < 4.78 is 13.0. The van der Waals surface area contributed by atoms with Crippen molar-refractivity contribution in [3.8, 4) is 0 Å². The lowest BCUT2D eigenvalue weighted by Crippen LogP contribution is -2.37. The number of aliphatic hydroxyl groups excluding tert-OH is 1. The maximum atomic E-state index is 12.2. The van der Waals surface area contributed by atoms with E-state index in [2.05, 4.69) is 41.5 Å². The molecule has 2 amide bonds. The molecule has 3 aromatic rings. The van der Waals surface area contributed by atoms with Crippen LogP contribution in [0.1, 0.15) is 78.7 Å². The number of hydroxylamine groups is 1. The Bertz CT molecular complexity index is 1270. The third-order valence-electron chi connectivity index (χ3n) is 7.60. The van der Waals surface area contributed by atoms with Crippen LogP contribution >= 0.6 is 0 Å². The molecule has 43 heavy (non-hydrogen) atoms. The van der Waals surface area contributed by atoms with Gasteiger partial charge in [-0.05, 0) is 42.1 Å². The monoisotopic (exact) mass is 589 g/mol. The highest BCUT2D eigenvalue weighted by Crippen LogP contribution is 2.38. The second kappa shape index (κ2) is 16.9. The first-order chi connectivity index (χ1) is 20.9. The fourth-order valence-electron chi connectivity index (χ4n) is 5.23. The zero-order valence-electron chi connectivity index (χ0n) is 24.8. The number of aliphatic hydroxyl groups is 1. The van der Waals surface area contributed by atoms with Crippen LogP contribution in [0, 0.1) is 0 Å². The third kappa shape index (κ3) is 10.6. The number of ether oxygens (including phenoxy) is 2. The van der Waals surface area contributed by atoms with Gasteiger partial charge in [0, 0.05) is 44.5 Å². The minimum absolute atomic E-state index is 0.00273. The van der Waals surface area contributed by atoms with Gasteiger partial charge in [0.15, 0.2) is 6.29 Å². The summed E-state index contributed by atoms with van der Waals surface area (Å²) in [5, 5.41) is 20.9. The van der Waals surface area contributed by atoms with E-state index < -0.39 is 12.2 Å². The van der Waals surface area contributed by atoms with Crippen molar-refractivity contribution < 1.29 is 29.4 Å². The number of carbonyl (C=O) groups excluding carboxylic acids is 2. The van der Waals surface area contributed by atoms with Gasteiger partial charge in [-0.15, -0.1) is 0 Å². The van der Waals surface area contributed by atoms with E-state index >= 15 is 0 Å². The average Bonchev–Trinajstić information content (AvgIpc) is 3.04. The Morgan fingerprint density at radius 2 is 1.47 bits per heavy atom. The van der Waals surface area contributed by atoms with Gasteiger partial charge in [-0.25, -0.2) is 5.48 Å². The molecule has 0 saturated carbocycles. The van der Waals surface area contributed by atoms with Crippen LogP contribution < -0.4 is 10.8 Å². The molecular formula is C34H43N3O6. The van der Waals surface area contributed by atoms with Crippen molar-refractivity contribution in [2.75, 3.05) is 13.6 Å². The van der Waals surface area contributed by atoms with E-state index in [9.17, 15) is 14.7 Å². The molecule has 0 aromatic heterocycles. The van der Waals surface area contributed by atoms with Gasteiger partial charge in [0.05, 0.1) is 18.8 Å². The molecule has 0 unspecified atom stereocenters. The van der Waals surface area contributed by atoms with E-state index in [1.807, 2.05) is 54.6 Å². The van der Waals surface area contributed by atoms with E-state index in [1.54, 1.807) is 5.48 Å². The highest BCUT2D eigenvalue weighted by molar-refractivity contribution is 5.76. The van der Waals surface area contributed by atoms with Crippen LogP contribution in [0.3, 0.4) is 0 Å². The summed E-state index contributed by atoms with van der Waals surface area (Å²) in [4.78, 5) is 25.6. The molecule has 3 aromatic carbocycles. The molecule has 3 atom stereocenters. The van der Waals surface area contributed by atoms with Crippen molar-refractivity contribution in [2.45, 2.75) is 76.7 Å². The molecule has 9 heteroatoms. The number of benzene rings is 3. The summed E-state index contributed by atoms with van der Waals surface area (Å²) in [5.74, 6) is -0.442. The maximum absolute atomic E-state index is 12.2. The predicted molar refractivity (Wildman–Crippen MR) is 163 cm³/mol. The lowest BCUT2D eigenvalue weighted by molar-refractivity contribution is -0.252. The highest BCUT2D eigenvalue weighted by atomic mass is 16.7. The van der Waals surface area contributed by atoms with Crippen LogP contribution in [0.4, 0.5) is 0 Å². The third-order valence-corrected chi connectivity index (χ3v) is 7.60. The normalized spacial score (nSPS) is 18.4. The number of likely N-dealkylation sites (N-methyl/N-ethyl adjacent to an activating group) is 1. The molecule has 4 N–H and O–H groups in total. The number of carbonyl (C=O) groups is 2. The first-order valence-corrected chi connectivity index (χ1v) is 14.9. The van der Waals surface area contributed by atoms with E-state index in [4.69, 9.17) is 14.7 Å². The molecule has 1 heterocycles. The summed E-state index contributed by atoms with van der Waals surface area (Å²) in [6, 6.07) is 26.2. The zero-order chi connectivity index (χ0) is 30.4. The van der Waals surface area contributed by atoms with Crippen molar-refractivity contribution >= 4 is 11.8 Å². The van der Waals surface area contributed by atoms with Crippen LogP contribution in [0.5, 0.6) is 0 Å². The van der Waals surface area contributed by atoms with E-state index in [0.717, 1.165) is 41.8 Å². The predicted octanol–water partition coefficient (Wildman–Crippen LogP) is 4.93. The number of rotatable bonds is 15. The number of nitrogens with zero attached hydrogens (tertiary/aromatic N) is 1. The molecule has 0 bridgehead atoms. The molecule has 0 aliphatic carbocycles. The van der Waals surface area contributed by atoms with E-state index in [1.165, 1.54) is 5.56 Å². The highest BCUT2D eigenvalue weighted by Gasteiger charge is 2.32. The van der Waals surface area contributed by atoms with Gasteiger partial charge in [-0.3, -0.25) is 19.7 Å². The number of unbranched alkanes of at least 4 members (excludes halogenated alkanes) is 2. The van der Waals surface area contributed by atoms with Gasteiger partial charge in [0.25, 0.3) is 0 Å². The Hall–Kier alpha value is -3.60. The topological polar surface area (TPSA) is 120 Å². The molecule has 4 rings (SSSR count). The smallest absolute Gasteiger partial charge is 0.243 e. The minimum atomic E-state index is -0.539. The number of amides is 2. The van der Waals surface area contributed by atoms with Crippen LogP contribution in [0.25, 0.3) is 0 Å². The number of hydrogen-bond donors (Lipinski definition) is 4. The lowest BCUT2D eigenvalue weighted by atomic mass is 9.99. The number of nitrogens with one attached hydrogen (secondary N) is 2. The first-order valence-electron chi connectivity index (χ1n) is 14.9. The molecule has 1 aliphatic heterocycles. The van der Waals surface area contributed by atoms with E-state index in [-0.39, 0.29) is 31.1 Å². The minimum Gasteiger partial charge on any atom is -0.392 e. The Kier molecular flexibility index (Phi) is 12.7. The molecule has 9 nitrogen and oxygen atoms in total. The lowest BCUT2D eigenvalue weighted by Gasteiger charge is -2.38. The Labute approximate surface area is 253 Å². The van der Waals surface area contributed by atoms with Gasteiger partial charge < -0.3 is 19.9 Å². The van der Waals surface area contributed by atoms with Gasteiger partial charge in [-0.2, -0.15) is 0 Å². The molecule has 1 saturated heterocycles. The van der Waals surface area contributed by atoms with Crippen molar-refractivity contribution in [1.82, 2.24) is 15.7 Å². The van der Waals surface area contributed by atoms with Crippen molar-refractivity contribution in [2.24, 2.45) is 0 Å². The summed E-state index contributed by atoms with van der Waals surface area (Å²) >= 11 is 0.